The van der Waals surface area contributed by atoms with Gasteiger partial charge in [-0.25, -0.2) is 0 Å². The number of rotatable bonds is 7. The van der Waals surface area contributed by atoms with Gasteiger partial charge in [-0.1, -0.05) is 41.9 Å². The molecule has 0 saturated carbocycles. The van der Waals surface area contributed by atoms with Crippen LogP contribution in [0, 0.1) is 5.92 Å². The van der Waals surface area contributed by atoms with Crippen LogP contribution in [0.4, 0.5) is 0 Å². The lowest BCUT2D eigenvalue weighted by Gasteiger charge is -2.30. The van der Waals surface area contributed by atoms with Gasteiger partial charge in [0.05, 0.1) is 18.2 Å². The Morgan fingerprint density at radius 2 is 1.81 bits per heavy atom. The summed E-state index contributed by atoms with van der Waals surface area (Å²) in [5, 5.41) is 0.431. The van der Waals surface area contributed by atoms with Gasteiger partial charge in [-0.15, -0.1) is 0 Å². The highest BCUT2D eigenvalue weighted by Gasteiger charge is 2.27. The summed E-state index contributed by atoms with van der Waals surface area (Å²) < 4.78 is 11.1. The molecular weight excluding hydrogens is 414 g/mol. The molecule has 1 amide bonds. The van der Waals surface area contributed by atoms with Crippen molar-refractivity contribution in [3.05, 3.63) is 64.7 Å². The van der Waals surface area contributed by atoms with Crippen LogP contribution < -0.4 is 9.47 Å². The van der Waals surface area contributed by atoms with E-state index in [1.54, 1.807) is 30.2 Å². The average molecular weight is 442 g/mol. The number of methoxy groups -OCH3 is 1. The van der Waals surface area contributed by atoms with E-state index < -0.39 is 0 Å². The first-order chi connectivity index (χ1) is 14.9. The van der Waals surface area contributed by atoms with Gasteiger partial charge in [-0.2, -0.15) is 0 Å². The van der Waals surface area contributed by atoms with Crippen molar-refractivity contribution >= 4 is 29.4 Å². The van der Waals surface area contributed by atoms with Gasteiger partial charge < -0.3 is 14.4 Å². The molecule has 3 rings (SSSR count). The molecule has 6 heteroatoms. The number of ketones is 1. The highest BCUT2D eigenvalue weighted by molar-refractivity contribution is 6.32. The highest BCUT2D eigenvalue weighted by atomic mass is 35.5. The van der Waals surface area contributed by atoms with Crippen LogP contribution in [0.1, 0.15) is 42.6 Å². The van der Waals surface area contributed by atoms with Crippen LogP contribution in [0.2, 0.25) is 5.02 Å². The lowest BCUT2D eigenvalue weighted by atomic mass is 9.89. The minimum Gasteiger partial charge on any atom is -0.493 e. The Hall–Kier alpha value is -2.79. The second kappa shape index (κ2) is 10.5. The number of carbonyl (C=O) groups is 2. The van der Waals surface area contributed by atoms with E-state index in [0.29, 0.717) is 42.5 Å². The van der Waals surface area contributed by atoms with Gasteiger partial charge in [0.1, 0.15) is 0 Å². The summed E-state index contributed by atoms with van der Waals surface area (Å²) in [6.07, 6.45) is 4.57. The quantitative estimate of drug-likeness (QED) is 0.433. The summed E-state index contributed by atoms with van der Waals surface area (Å²) in [6, 6.07) is 12.9. The van der Waals surface area contributed by atoms with Gasteiger partial charge in [0.15, 0.2) is 17.3 Å². The molecule has 0 atom stereocenters. The van der Waals surface area contributed by atoms with Crippen molar-refractivity contribution in [2.24, 2.45) is 5.92 Å². The standard InChI is InChI=1S/C25H28ClNO4/c1-17(2)31-25-21(26)15-18(16-22(25)30-3)9-10-23(28)27-13-11-20(12-14-27)24(29)19-7-5-4-6-8-19/h4-10,15-17,20H,11-14H2,1-3H3. The number of hydrogen-bond acceptors (Lipinski definition) is 4. The summed E-state index contributed by atoms with van der Waals surface area (Å²) in [5.74, 6) is 1.06. The van der Waals surface area contributed by atoms with E-state index in [1.165, 1.54) is 6.08 Å². The molecule has 1 fully saturated rings. The molecule has 1 saturated heterocycles. The van der Waals surface area contributed by atoms with Crippen molar-refractivity contribution in [2.75, 3.05) is 20.2 Å². The molecule has 0 aliphatic carbocycles. The van der Waals surface area contributed by atoms with Crippen molar-refractivity contribution in [1.82, 2.24) is 4.90 Å². The molecule has 2 aromatic rings. The average Bonchev–Trinajstić information content (AvgIpc) is 2.78. The Balaban J connectivity index is 1.61. The Labute approximate surface area is 188 Å². The van der Waals surface area contributed by atoms with Crippen molar-refractivity contribution in [2.45, 2.75) is 32.8 Å². The number of amides is 1. The van der Waals surface area contributed by atoms with Gasteiger partial charge in [0.25, 0.3) is 0 Å². The predicted molar refractivity (Wildman–Crippen MR) is 123 cm³/mol. The van der Waals surface area contributed by atoms with E-state index in [9.17, 15) is 9.59 Å². The van der Waals surface area contributed by atoms with Crippen molar-refractivity contribution < 1.29 is 19.1 Å². The fraction of sp³-hybridized carbons (Fsp3) is 0.360. The summed E-state index contributed by atoms with van der Waals surface area (Å²) >= 11 is 6.35. The van der Waals surface area contributed by atoms with Crippen molar-refractivity contribution in [3.63, 3.8) is 0 Å². The zero-order valence-corrected chi connectivity index (χ0v) is 18.9. The third kappa shape index (κ3) is 5.88. The van der Waals surface area contributed by atoms with E-state index in [-0.39, 0.29) is 23.7 Å². The maximum atomic E-state index is 12.6. The molecule has 1 heterocycles. The molecule has 164 valence electrons. The fourth-order valence-electron chi connectivity index (χ4n) is 3.66. The molecule has 2 aromatic carbocycles. The van der Waals surface area contributed by atoms with Crippen LogP contribution in [0.3, 0.4) is 0 Å². The Morgan fingerprint density at radius 1 is 1.13 bits per heavy atom. The van der Waals surface area contributed by atoms with Gasteiger partial charge in [-0.05, 0) is 50.5 Å². The number of nitrogens with zero attached hydrogens (tertiary/aromatic N) is 1. The number of Topliss-reactive ketones (excluding diaryl/α,β-unsaturated/α-hetero) is 1. The topological polar surface area (TPSA) is 55.8 Å². The first-order valence-corrected chi connectivity index (χ1v) is 10.9. The van der Waals surface area contributed by atoms with E-state index in [4.69, 9.17) is 21.1 Å². The van der Waals surface area contributed by atoms with Crippen LogP contribution in [-0.4, -0.2) is 42.9 Å². The van der Waals surface area contributed by atoms with Crippen LogP contribution in [-0.2, 0) is 4.79 Å². The monoisotopic (exact) mass is 441 g/mol. The number of hydrogen-bond donors (Lipinski definition) is 0. The minimum absolute atomic E-state index is 0.0352. The number of likely N-dealkylation sites (tertiary alicyclic amines) is 1. The third-order valence-corrected chi connectivity index (χ3v) is 5.54. The fourth-order valence-corrected chi connectivity index (χ4v) is 3.92. The van der Waals surface area contributed by atoms with Crippen LogP contribution in [0.5, 0.6) is 11.5 Å². The first-order valence-electron chi connectivity index (χ1n) is 10.5. The molecule has 0 spiro atoms. The smallest absolute Gasteiger partial charge is 0.246 e. The maximum Gasteiger partial charge on any atom is 0.246 e. The highest BCUT2D eigenvalue weighted by Crippen LogP contribution is 2.37. The largest absolute Gasteiger partial charge is 0.493 e. The summed E-state index contributed by atoms with van der Waals surface area (Å²) in [7, 11) is 1.55. The van der Waals surface area contributed by atoms with Crippen molar-refractivity contribution in [3.8, 4) is 11.5 Å². The molecule has 0 unspecified atom stereocenters. The van der Waals surface area contributed by atoms with Crippen LogP contribution in [0.25, 0.3) is 6.08 Å². The third-order valence-electron chi connectivity index (χ3n) is 5.26. The molecular formula is C25H28ClNO4. The Kier molecular flexibility index (Phi) is 7.75. The molecule has 0 N–H and O–H groups in total. The number of ether oxygens (including phenoxy) is 2. The second-order valence-electron chi connectivity index (χ2n) is 7.86. The molecule has 0 aromatic heterocycles. The van der Waals surface area contributed by atoms with Crippen LogP contribution >= 0.6 is 11.6 Å². The van der Waals surface area contributed by atoms with Gasteiger partial charge >= 0.3 is 0 Å². The zero-order chi connectivity index (χ0) is 22.4. The van der Waals surface area contributed by atoms with Gasteiger partial charge in [0.2, 0.25) is 5.91 Å². The molecule has 0 radical (unpaired) electrons. The minimum atomic E-state index is -0.0804. The number of benzene rings is 2. The van der Waals surface area contributed by atoms with Crippen LogP contribution in [0.15, 0.2) is 48.5 Å². The van der Waals surface area contributed by atoms with E-state index in [1.807, 2.05) is 44.2 Å². The lowest BCUT2D eigenvalue weighted by Crippen LogP contribution is -2.39. The summed E-state index contributed by atoms with van der Waals surface area (Å²) in [5.41, 5.74) is 1.49. The first kappa shape index (κ1) is 22.9. The lowest BCUT2D eigenvalue weighted by molar-refractivity contribution is -0.127. The van der Waals surface area contributed by atoms with E-state index in [0.717, 1.165) is 11.1 Å². The SMILES string of the molecule is COc1cc(C=CC(=O)N2CCC(C(=O)c3ccccc3)CC2)cc(Cl)c1OC(C)C. The Bertz CT molecular complexity index is 947. The molecule has 5 nitrogen and oxygen atoms in total. The summed E-state index contributed by atoms with van der Waals surface area (Å²) in [6.45, 7) is 4.97. The maximum absolute atomic E-state index is 12.6. The normalized spacial score (nSPS) is 14.8. The number of carbonyl (C=O) groups excluding carboxylic acids is 2. The molecule has 1 aliphatic heterocycles. The number of halogens is 1. The zero-order valence-electron chi connectivity index (χ0n) is 18.1. The molecule has 1 aliphatic rings. The molecule has 31 heavy (non-hydrogen) atoms. The Morgan fingerprint density at radius 3 is 2.42 bits per heavy atom. The second-order valence-corrected chi connectivity index (χ2v) is 8.27. The van der Waals surface area contributed by atoms with Gasteiger partial charge in [-0.3, -0.25) is 9.59 Å². The summed E-state index contributed by atoms with van der Waals surface area (Å²) in [4.78, 5) is 27.0. The predicted octanol–water partition coefficient (Wildman–Crippen LogP) is 5.27. The van der Waals surface area contributed by atoms with Gasteiger partial charge in [0, 0.05) is 30.6 Å². The molecule has 0 bridgehead atoms. The number of piperidine rings is 1. The van der Waals surface area contributed by atoms with E-state index in [2.05, 4.69) is 0 Å². The van der Waals surface area contributed by atoms with E-state index >= 15 is 0 Å². The van der Waals surface area contributed by atoms with Crippen molar-refractivity contribution in [1.29, 1.82) is 0 Å².